The third-order valence-electron chi connectivity index (χ3n) is 4.10. The molecule has 0 amide bonds. The number of nitrogens with two attached hydrogens (primary N) is 1. The highest BCUT2D eigenvalue weighted by molar-refractivity contribution is 5.86. The van der Waals surface area contributed by atoms with Crippen LogP contribution in [0.4, 0.5) is 4.39 Å². The van der Waals surface area contributed by atoms with Crippen LogP contribution in [-0.4, -0.2) is 6.04 Å². The first-order valence-corrected chi connectivity index (χ1v) is 6.62. The number of halogens is 1. The zero-order valence-electron chi connectivity index (χ0n) is 10.4. The van der Waals surface area contributed by atoms with Crippen LogP contribution in [0, 0.1) is 0 Å². The van der Waals surface area contributed by atoms with Crippen molar-refractivity contribution in [2.24, 2.45) is 5.73 Å². The standard InChI is InChI=1S/C16H18FN/c17-16(10-8-13(18)9-11-16)15-7-3-5-12-4-1-2-6-14(12)15/h1-7,13H,8-11,18H2. The molecule has 0 aromatic heterocycles. The van der Waals surface area contributed by atoms with Crippen LogP contribution in [0.25, 0.3) is 10.8 Å². The molecule has 0 heterocycles. The van der Waals surface area contributed by atoms with Crippen LogP contribution in [0.1, 0.15) is 31.2 Å². The number of rotatable bonds is 1. The van der Waals surface area contributed by atoms with Gasteiger partial charge in [-0.15, -0.1) is 0 Å². The first-order valence-electron chi connectivity index (χ1n) is 6.62. The van der Waals surface area contributed by atoms with Gasteiger partial charge in [0.25, 0.3) is 0 Å². The summed E-state index contributed by atoms with van der Waals surface area (Å²) >= 11 is 0. The molecule has 3 rings (SSSR count). The molecule has 2 N–H and O–H groups in total. The Kier molecular flexibility index (Phi) is 2.83. The summed E-state index contributed by atoms with van der Waals surface area (Å²) in [6, 6.07) is 14.1. The Bertz CT molecular complexity index is 551. The van der Waals surface area contributed by atoms with E-state index in [-0.39, 0.29) is 6.04 Å². The van der Waals surface area contributed by atoms with Crippen molar-refractivity contribution < 1.29 is 4.39 Å². The topological polar surface area (TPSA) is 26.0 Å². The lowest BCUT2D eigenvalue weighted by Crippen LogP contribution is -2.34. The minimum Gasteiger partial charge on any atom is -0.328 e. The Morgan fingerprint density at radius 3 is 2.44 bits per heavy atom. The summed E-state index contributed by atoms with van der Waals surface area (Å²) in [5, 5.41) is 2.15. The lowest BCUT2D eigenvalue weighted by Gasteiger charge is -2.33. The monoisotopic (exact) mass is 243 g/mol. The van der Waals surface area contributed by atoms with Gasteiger partial charge in [-0.2, -0.15) is 0 Å². The molecule has 1 aliphatic rings. The average molecular weight is 243 g/mol. The highest BCUT2D eigenvalue weighted by Crippen LogP contribution is 2.42. The molecular formula is C16H18FN. The molecule has 0 unspecified atom stereocenters. The van der Waals surface area contributed by atoms with Gasteiger partial charge in [-0.25, -0.2) is 4.39 Å². The first-order chi connectivity index (χ1) is 8.69. The Labute approximate surface area is 107 Å². The van der Waals surface area contributed by atoms with Gasteiger partial charge in [0, 0.05) is 6.04 Å². The lowest BCUT2D eigenvalue weighted by atomic mass is 9.78. The molecule has 0 spiro atoms. The zero-order chi connectivity index (χ0) is 12.6. The number of fused-ring (bicyclic) bond motifs is 1. The molecule has 1 aliphatic carbocycles. The van der Waals surface area contributed by atoms with E-state index in [2.05, 4.69) is 0 Å². The largest absolute Gasteiger partial charge is 0.328 e. The predicted molar refractivity (Wildman–Crippen MR) is 73.2 cm³/mol. The number of hydrogen-bond donors (Lipinski definition) is 1. The second-order valence-electron chi connectivity index (χ2n) is 5.33. The molecule has 2 aromatic carbocycles. The van der Waals surface area contributed by atoms with Gasteiger partial charge in [-0.1, -0.05) is 42.5 Å². The second-order valence-corrected chi connectivity index (χ2v) is 5.33. The van der Waals surface area contributed by atoms with Crippen molar-refractivity contribution in [1.29, 1.82) is 0 Å². The molecule has 1 saturated carbocycles. The van der Waals surface area contributed by atoms with E-state index in [1.807, 2.05) is 42.5 Å². The molecule has 0 radical (unpaired) electrons. The minimum absolute atomic E-state index is 0.170. The maximum absolute atomic E-state index is 15.2. The van der Waals surface area contributed by atoms with Crippen molar-refractivity contribution in [2.75, 3.05) is 0 Å². The van der Waals surface area contributed by atoms with Crippen molar-refractivity contribution in [3.05, 3.63) is 48.0 Å². The van der Waals surface area contributed by atoms with E-state index >= 15 is 4.39 Å². The van der Waals surface area contributed by atoms with E-state index in [4.69, 9.17) is 5.73 Å². The van der Waals surface area contributed by atoms with E-state index in [1.165, 1.54) is 0 Å². The molecule has 2 aromatic rings. The van der Waals surface area contributed by atoms with Crippen LogP contribution in [0.2, 0.25) is 0 Å². The second kappa shape index (κ2) is 4.36. The van der Waals surface area contributed by atoms with E-state index in [0.717, 1.165) is 29.2 Å². The summed E-state index contributed by atoms with van der Waals surface area (Å²) in [6.45, 7) is 0. The van der Waals surface area contributed by atoms with Crippen LogP contribution < -0.4 is 5.73 Å². The highest BCUT2D eigenvalue weighted by atomic mass is 19.1. The molecule has 2 heteroatoms. The molecule has 1 nitrogen and oxygen atoms in total. The van der Waals surface area contributed by atoms with Gasteiger partial charge in [0.05, 0.1) is 0 Å². The van der Waals surface area contributed by atoms with Crippen molar-refractivity contribution in [3.63, 3.8) is 0 Å². The molecule has 0 saturated heterocycles. The van der Waals surface area contributed by atoms with Crippen molar-refractivity contribution in [2.45, 2.75) is 37.4 Å². The predicted octanol–water partition coefficient (Wildman–Crippen LogP) is 3.91. The minimum atomic E-state index is -1.20. The summed E-state index contributed by atoms with van der Waals surface area (Å²) in [7, 11) is 0. The summed E-state index contributed by atoms with van der Waals surface area (Å²) in [5.41, 5.74) is 5.52. The van der Waals surface area contributed by atoms with E-state index in [1.54, 1.807) is 0 Å². The van der Waals surface area contributed by atoms with E-state index in [0.29, 0.717) is 12.8 Å². The number of benzene rings is 2. The zero-order valence-corrected chi connectivity index (χ0v) is 10.4. The Balaban J connectivity index is 2.08. The average Bonchev–Trinajstić information content (AvgIpc) is 2.42. The van der Waals surface area contributed by atoms with Crippen LogP contribution in [0.15, 0.2) is 42.5 Å². The van der Waals surface area contributed by atoms with Gasteiger partial charge in [-0.3, -0.25) is 0 Å². The molecule has 18 heavy (non-hydrogen) atoms. The third-order valence-corrected chi connectivity index (χ3v) is 4.10. The summed E-state index contributed by atoms with van der Waals surface area (Å²) in [4.78, 5) is 0. The fourth-order valence-electron chi connectivity index (χ4n) is 2.98. The fourth-order valence-corrected chi connectivity index (χ4v) is 2.98. The van der Waals surface area contributed by atoms with Crippen molar-refractivity contribution in [1.82, 2.24) is 0 Å². The summed E-state index contributed by atoms with van der Waals surface area (Å²) < 4.78 is 15.2. The van der Waals surface area contributed by atoms with Crippen LogP contribution >= 0.6 is 0 Å². The van der Waals surface area contributed by atoms with Crippen LogP contribution in [-0.2, 0) is 5.67 Å². The normalized spacial score (nSPS) is 28.4. The Hall–Kier alpha value is -1.41. The van der Waals surface area contributed by atoms with Gasteiger partial charge in [0.2, 0.25) is 0 Å². The van der Waals surface area contributed by atoms with Gasteiger partial charge < -0.3 is 5.73 Å². The molecule has 94 valence electrons. The molecule has 0 atom stereocenters. The van der Waals surface area contributed by atoms with Gasteiger partial charge in [0.15, 0.2) is 0 Å². The van der Waals surface area contributed by atoms with Gasteiger partial charge >= 0.3 is 0 Å². The molecule has 1 fully saturated rings. The molecule has 0 bridgehead atoms. The molecule has 0 aliphatic heterocycles. The quantitative estimate of drug-likeness (QED) is 0.807. The van der Waals surface area contributed by atoms with Gasteiger partial charge in [0.1, 0.15) is 5.67 Å². The number of alkyl halides is 1. The maximum atomic E-state index is 15.2. The smallest absolute Gasteiger partial charge is 0.136 e. The van der Waals surface area contributed by atoms with Crippen LogP contribution in [0.3, 0.4) is 0 Å². The van der Waals surface area contributed by atoms with E-state index in [9.17, 15) is 0 Å². The SMILES string of the molecule is NC1CCC(F)(c2cccc3ccccc23)CC1. The van der Waals surface area contributed by atoms with Crippen molar-refractivity contribution in [3.8, 4) is 0 Å². The Morgan fingerprint density at radius 2 is 1.67 bits per heavy atom. The van der Waals surface area contributed by atoms with E-state index < -0.39 is 5.67 Å². The van der Waals surface area contributed by atoms with Crippen molar-refractivity contribution >= 4 is 10.8 Å². The van der Waals surface area contributed by atoms with Gasteiger partial charge in [-0.05, 0) is 42.0 Å². The highest BCUT2D eigenvalue weighted by Gasteiger charge is 2.36. The Morgan fingerprint density at radius 1 is 1.00 bits per heavy atom. The lowest BCUT2D eigenvalue weighted by molar-refractivity contribution is 0.0996. The summed E-state index contributed by atoms with van der Waals surface area (Å²) in [5.74, 6) is 0. The number of hydrogen-bond acceptors (Lipinski definition) is 1. The fraction of sp³-hybridized carbons (Fsp3) is 0.375. The van der Waals surface area contributed by atoms with Crippen LogP contribution in [0.5, 0.6) is 0 Å². The first kappa shape index (κ1) is 11.7. The third kappa shape index (κ3) is 1.91. The maximum Gasteiger partial charge on any atom is 0.136 e. The summed E-state index contributed by atoms with van der Waals surface area (Å²) in [6.07, 6.45) is 2.64. The molecular weight excluding hydrogens is 225 g/mol.